The zero-order valence-corrected chi connectivity index (χ0v) is 32.4. The second-order valence-electron chi connectivity index (χ2n) is 15.0. The maximum absolute atomic E-state index is 13.8. The number of primary amides is 1. The van der Waals surface area contributed by atoms with Crippen LogP contribution in [0, 0.1) is 27.4 Å². The Bertz CT molecular complexity index is 1630. The van der Waals surface area contributed by atoms with Gasteiger partial charge in [-0.25, -0.2) is 13.1 Å². The normalized spacial score (nSPS) is 15.4. The Hall–Kier alpha value is -3.63. The number of nitrogens with one attached hydrogen (secondary N) is 2. The van der Waals surface area contributed by atoms with Gasteiger partial charge in [-0.1, -0.05) is 38.1 Å². The lowest BCUT2D eigenvalue weighted by atomic mass is 9.86. The van der Waals surface area contributed by atoms with E-state index in [0.717, 1.165) is 50.0 Å². The van der Waals surface area contributed by atoms with E-state index in [9.17, 15) is 33.2 Å². The van der Waals surface area contributed by atoms with Gasteiger partial charge in [0.1, 0.15) is 0 Å². The lowest BCUT2D eigenvalue weighted by molar-refractivity contribution is -0.387. The summed E-state index contributed by atoms with van der Waals surface area (Å²) >= 11 is 0. The maximum atomic E-state index is 13.8. The topological polar surface area (TPSA) is 197 Å². The van der Waals surface area contributed by atoms with Gasteiger partial charge in [-0.15, -0.1) is 0 Å². The van der Waals surface area contributed by atoms with E-state index in [1.54, 1.807) is 21.0 Å². The standard InChI is InChI=1S/C37H58N6O8S/c1-25(2)29(35(45)39-24-37(5,6)36(38)46)21-33(44)30(40-52(49,50)34-14-9-8-13-31(34)43(47)48)23-42(26(3)4)22-27-15-16-28-12-10-17-41(32(28)20-27)18-11-19-51-7/h8-9,13-16,20,25-26,29-30,33,40,44H,10-12,17-19,21-24H2,1-7H3,(H2,38,46)(H,39,45)/t29-,30-,33-/m0/s1. The number of anilines is 1. The molecule has 5 N–H and O–H groups in total. The number of nitro benzene ring substituents is 1. The molecule has 1 heterocycles. The van der Waals surface area contributed by atoms with Gasteiger partial charge < -0.3 is 25.8 Å². The van der Waals surface area contributed by atoms with Crippen molar-refractivity contribution in [3.63, 3.8) is 0 Å². The third kappa shape index (κ3) is 11.7. The van der Waals surface area contributed by atoms with E-state index in [1.807, 2.05) is 32.6 Å². The molecule has 0 bridgehead atoms. The molecule has 0 fully saturated rings. The van der Waals surface area contributed by atoms with Gasteiger partial charge in [0.25, 0.3) is 5.69 Å². The fourth-order valence-corrected chi connectivity index (χ4v) is 7.77. The van der Waals surface area contributed by atoms with Crippen molar-refractivity contribution in [3.05, 3.63) is 63.7 Å². The molecular weight excluding hydrogens is 689 g/mol. The molecule has 0 saturated heterocycles. The lowest BCUT2D eigenvalue weighted by Crippen LogP contribution is -2.53. The molecule has 0 unspecified atom stereocenters. The highest BCUT2D eigenvalue weighted by Crippen LogP contribution is 2.30. The number of nitrogens with zero attached hydrogens (tertiary/aromatic N) is 3. The molecule has 3 rings (SSSR count). The van der Waals surface area contributed by atoms with E-state index >= 15 is 0 Å². The molecule has 1 aliphatic heterocycles. The minimum absolute atomic E-state index is 0.0140. The number of hydrogen-bond donors (Lipinski definition) is 4. The molecule has 14 nitrogen and oxygen atoms in total. The molecule has 290 valence electrons. The quantitative estimate of drug-likeness (QED) is 0.0832. The molecule has 2 aromatic carbocycles. The Balaban J connectivity index is 1.96. The van der Waals surface area contributed by atoms with Gasteiger partial charge in [0.05, 0.1) is 22.5 Å². The second kappa shape index (κ2) is 18.9. The molecule has 0 spiro atoms. The fourth-order valence-electron chi connectivity index (χ4n) is 6.34. The van der Waals surface area contributed by atoms with E-state index in [2.05, 4.69) is 33.1 Å². The number of aliphatic hydroxyl groups is 1. The Labute approximate surface area is 308 Å². The number of para-hydroxylation sites is 1. The van der Waals surface area contributed by atoms with Crippen molar-refractivity contribution in [2.24, 2.45) is 23.0 Å². The van der Waals surface area contributed by atoms with Crippen LogP contribution in [0.4, 0.5) is 11.4 Å². The molecule has 52 heavy (non-hydrogen) atoms. The van der Waals surface area contributed by atoms with Crippen LogP contribution >= 0.6 is 0 Å². The summed E-state index contributed by atoms with van der Waals surface area (Å²) in [5.41, 5.74) is 7.34. The molecule has 1 aliphatic rings. The fraction of sp³-hybridized carbons (Fsp3) is 0.622. The van der Waals surface area contributed by atoms with Crippen molar-refractivity contribution in [2.75, 3.05) is 44.8 Å². The second-order valence-corrected chi connectivity index (χ2v) is 16.7. The number of hydrogen-bond acceptors (Lipinski definition) is 10. The predicted molar refractivity (Wildman–Crippen MR) is 201 cm³/mol. The molecule has 15 heteroatoms. The number of sulfonamides is 1. The molecule has 2 amide bonds. The molecule has 0 aliphatic carbocycles. The van der Waals surface area contributed by atoms with E-state index in [0.29, 0.717) is 13.2 Å². The number of aliphatic hydroxyl groups excluding tert-OH is 1. The third-order valence-corrected chi connectivity index (χ3v) is 11.4. The Morgan fingerprint density at radius 1 is 1.15 bits per heavy atom. The first-order valence-corrected chi connectivity index (χ1v) is 19.5. The number of rotatable bonds is 21. The first-order valence-electron chi connectivity index (χ1n) is 18.0. The van der Waals surface area contributed by atoms with Gasteiger partial charge in [-0.3, -0.25) is 24.6 Å². The van der Waals surface area contributed by atoms with Crippen molar-refractivity contribution in [3.8, 4) is 0 Å². The molecule has 0 saturated carbocycles. The van der Waals surface area contributed by atoms with Crippen LogP contribution in [0.1, 0.15) is 71.9 Å². The molecule has 0 aromatic heterocycles. The number of aryl methyl sites for hydroxylation is 1. The number of fused-ring (bicyclic) bond motifs is 1. The number of nitro groups is 1. The summed E-state index contributed by atoms with van der Waals surface area (Å²) < 4.78 is 35.5. The van der Waals surface area contributed by atoms with Crippen LogP contribution in [-0.2, 0) is 37.3 Å². The lowest BCUT2D eigenvalue weighted by Gasteiger charge is -2.35. The molecule has 2 aromatic rings. The van der Waals surface area contributed by atoms with Gasteiger partial charge >= 0.3 is 0 Å². The first kappa shape index (κ1) is 42.8. The van der Waals surface area contributed by atoms with Gasteiger partial charge in [0.15, 0.2) is 4.90 Å². The van der Waals surface area contributed by atoms with Crippen molar-refractivity contribution in [1.29, 1.82) is 0 Å². The van der Waals surface area contributed by atoms with Crippen LogP contribution in [0.5, 0.6) is 0 Å². The first-order chi connectivity index (χ1) is 24.4. The monoisotopic (exact) mass is 746 g/mol. The van der Waals surface area contributed by atoms with Crippen LogP contribution in [-0.4, -0.2) is 93.2 Å². The maximum Gasteiger partial charge on any atom is 0.289 e. The molecular formula is C37H58N6O8S. The highest BCUT2D eigenvalue weighted by molar-refractivity contribution is 7.89. The Kier molecular flexibility index (Phi) is 15.6. The van der Waals surface area contributed by atoms with Gasteiger partial charge in [-0.05, 0) is 82.6 Å². The highest BCUT2D eigenvalue weighted by Gasteiger charge is 2.36. The average Bonchev–Trinajstić information content (AvgIpc) is 3.08. The molecule has 3 atom stereocenters. The van der Waals surface area contributed by atoms with Crippen LogP contribution in [0.15, 0.2) is 47.4 Å². The average molecular weight is 747 g/mol. The third-order valence-electron chi connectivity index (χ3n) is 9.82. The van der Waals surface area contributed by atoms with E-state index < -0.39 is 60.8 Å². The summed E-state index contributed by atoms with van der Waals surface area (Å²) in [5.74, 6) is -2.00. The van der Waals surface area contributed by atoms with Gasteiger partial charge in [-0.2, -0.15) is 0 Å². The van der Waals surface area contributed by atoms with Crippen LogP contribution in [0.2, 0.25) is 0 Å². The minimum Gasteiger partial charge on any atom is -0.391 e. The van der Waals surface area contributed by atoms with Crippen molar-refractivity contribution in [1.82, 2.24) is 14.9 Å². The van der Waals surface area contributed by atoms with Crippen LogP contribution < -0.4 is 20.7 Å². The number of nitrogens with two attached hydrogens (primary N) is 1. The largest absolute Gasteiger partial charge is 0.391 e. The van der Waals surface area contributed by atoms with Crippen LogP contribution in [0.3, 0.4) is 0 Å². The van der Waals surface area contributed by atoms with Crippen LogP contribution in [0.25, 0.3) is 0 Å². The summed E-state index contributed by atoms with van der Waals surface area (Å²) in [7, 11) is -2.82. The van der Waals surface area contributed by atoms with E-state index in [-0.39, 0.29) is 31.5 Å². The number of ether oxygens (including phenoxy) is 1. The van der Waals surface area contributed by atoms with Crippen molar-refractivity contribution >= 4 is 33.2 Å². The minimum atomic E-state index is -4.52. The SMILES string of the molecule is COCCCN1CCCc2ccc(CN(C[C@H](NS(=O)(=O)c3ccccc3[N+](=O)[O-])[C@@H](O)C[C@H](C(=O)NCC(C)(C)C(N)=O)C(C)C)C(C)C)cc21. The Morgan fingerprint density at radius 3 is 2.46 bits per heavy atom. The van der Waals surface area contributed by atoms with E-state index in [1.165, 1.54) is 23.4 Å². The molecule has 0 radical (unpaired) electrons. The van der Waals surface area contributed by atoms with Crippen molar-refractivity contribution < 1.29 is 32.8 Å². The highest BCUT2D eigenvalue weighted by atomic mass is 32.2. The van der Waals surface area contributed by atoms with E-state index in [4.69, 9.17) is 10.5 Å². The van der Waals surface area contributed by atoms with Gasteiger partial charge in [0, 0.05) is 70.2 Å². The number of benzene rings is 2. The Morgan fingerprint density at radius 2 is 1.85 bits per heavy atom. The zero-order chi connectivity index (χ0) is 38.8. The summed E-state index contributed by atoms with van der Waals surface area (Å²) in [4.78, 5) is 40.2. The smallest absolute Gasteiger partial charge is 0.289 e. The summed E-state index contributed by atoms with van der Waals surface area (Å²) in [5, 5.41) is 26.4. The number of amides is 2. The van der Waals surface area contributed by atoms with Crippen molar-refractivity contribution in [2.45, 2.75) is 96.9 Å². The predicted octanol–water partition coefficient (Wildman–Crippen LogP) is 3.59. The zero-order valence-electron chi connectivity index (χ0n) is 31.6. The summed E-state index contributed by atoms with van der Waals surface area (Å²) in [6, 6.07) is 10.2. The number of carbonyl (C=O) groups excluding carboxylic acids is 2. The summed E-state index contributed by atoms with van der Waals surface area (Å²) in [6.07, 6.45) is 1.45. The number of carbonyl (C=O) groups is 2. The number of methoxy groups -OCH3 is 1. The van der Waals surface area contributed by atoms with Gasteiger partial charge in [0.2, 0.25) is 21.8 Å². The summed E-state index contributed by atoms with van der Waals surface area (Å²) in [6.45, 7) is 13.7.